The molecule has 0 aliphatic heterocycles. The van der Waals surface area contributed by atoms with Crippen LogP contribution in [0.25, 0.3) is 28.2 Å². The van der Waals surface area contributed by atoms with Crippen LogP contribution in [0.4, 0.5) is 0 Å². The number of carbonyl (C=O) groups is 1. The van der Waals surface area contributed by atoms with Crippen molar-refractivity contribution in [2.45, 2.75) is 6.92 Å². The maximum Gasteiger partial charge on any atom is 0.156 e. The lowest BCUT2D eigenvalue weighted by Gasteiger charge is -2.16. The Morgan fingerprint density at radius 1 is 1.07 bits per heavy atom. The largest absolute Gasteiger partial charge is 0.545 e. The van der Waals surface area contributed by atoms with Gasteiger partial charge in [0, 0.05) is 27.8 Å². The van der Waals surface area contributed by atoms with Crippen LogP contribution in [0.3, 0.4) is 0 Å². The highest BCUT2D eigenvalue weighted by atomic mass is 35.5. The van der Waals surface area contributed by atoms with E-state index >= 15 is 0 Å². The van der Waals surface area contributed by atoms with Crippen molar-refractivity contribution in [2.75, 3.05) is 0 Å². The Balaban J connectivity index is 2.09. The average Bonchev–Trinajstić information content (AvgIpc) is 3.05. The Bertz CT molecular complexity index is 1190. The number of carboxylic acid groups (broad SMARTS) is 1. The first-order valence-corrected chi connectivity index (χ1v) is 8.84. The number of aromatic nitrogens is 3. The van der Waals surface area contributed by atoms with Crippen LogP contribution in [0.1, 0.15) is 16.1 Å². The fourth-order valence-electron chi connectivity index (χ4n) is 3.05. The molecule has 0 unspecified atom stereocenters. The van der Waals surface area contributed by atoms with Gasteiger partial charge in [0.2, 0.25) is 0 Å². The summed E-state index contributed by atoms with van der Waals surface area (Å²) in [4.78, 5) is 16.2. The number of rotatable bonds is 3. The summed E-state index contributed by atoms with van der Waals surface area (Å²) in [5.41, 5.74) is 3.13. The van der Waals surface area contributed by atoms with Gasteiger partial charge in [-0.1, -0.05) is 53.5 Å². The molecule has 2 aromatic carbocycles. The van der Waals surface area contributed by atoms with Crippen LogP contribution in [0.15, 0.2) is 54.6 Å². The van der Waals surface area contributed by atoms with Crippen molar-refractivity contribution in [2.24, 2.45) is 0 Å². The molecule has 134 valence electrons. The number of hydrogen-bond donors (Lipinski definition) is 0. The molecule has 0 aliphatic rings. The van der Waals surface area contributed by atoms with E-state index in [2.05, 4.69) is 10.1 Å². The van der Waals surface area contributed by atoms with E-state index in [4.69, 9.17) is 23.2 Å². The van der Waals surface area contributed by atoms with E-state index in [1.54, 1.807) is 31.2 Å². The normalized spacial score (nSPS) is 11.1. The fraction of sp³-hybridized carbons (Fsp3) is 0.0500. The highest BCUT2D eigenvalue weighted by molar-refractivity contribution is 6.36. The molecule has 0 atom stereocenters. The van der Waals surface area contributed by atoms with Gasteiger partial charge in [-0.05, 0) is 25.1 Å². The molecule has 0 bridgehead atoms. The quantitative estimate of drug-likeness (QED) is 0.523. The first-order valence-electron chi connectivity index (χ1n) is 8.08. The van der Waals surface area contributed by atoms with E-state index < -0.39 is 5.97 Å². The average molecular weight is 397 g/mol. The van der Waals surface area contributed by atoms with E-state index in [0.717, 1.165) is 5.56 Å². The minimum Gasteiger partial charge on any atom is -0.545 e. The van der Waals surface area contributed by atoms with Gasteiger partial charge in [0.15, 0.2) is 5.65 Å². The van der Waals surface area contributed by atoms with Crippen molar-refractivity contribution in [1.29, 1.82) is 0 Å². The molecule has 5 nitrogen and oxygen atoms in total. The Labute approximate surface area is 164 Å². The first kappa shape index (κ1) is 17.5. The second-order valence-electron chi connectivity index (χ2n) is 6.00. The van der Waals surface area contributed by atoms with Crippen molar-refractivity contribution in [3.05, 3.63) is 75.9 Å². The molecule has 4 aromatic rings. The van der Waals surface area contributed by atoms with Crippen molar-refractivity contribution in [3.63, 3.8) is 0 Å². The predicted octanol–water partition coefficient (Wildman–Crippen LogP) is 4.04. The third-order valence-electron chi connectivity index (χ3n) is 4.24. The Kier molecular flexibility index (Phi) is 4.34. The zero-order valence-corrected chi connectivity index (χ0v) is 15.6. The summed E-state index contributed by atoms with van der Waals surface area (Å²) in [7, 11) is 0. The molecule has 0 spiro atoms. The molecular formula is C20H12Cl2N3O2-. The third-order valence-corrected chi connectivity index (χ3v) is 4.79. The highest BCUT2D eigenvalue weighted by Crippen LogP contribution is 2.34. The summed E-state index contributed by atoms with van der Waals surface area (Å²) in [5.74, 6) is -1.35. The van der Waals surface area contributed by atoms with Gasteiger partial charge in [0.05, 0.1) is 28.1 Å². The number of carbonyl (C=O) groups excluding carboxylic acids is 1. The molecule has 0 saturated heterocycles. The molecule has 0 amide bonds. The second-order valence-corrected chi connectivity index (χ2v) is 6.84. The van der Waals surface area contributed by atoms with Crippen LogP contribution in [0.5, 0.6) is 0 Å². The number of halogens is 2. The van der Waals surface area contributed by atoms with Gasteiger partial charge >= 0.3 is 0 Å². The molecular weight excluding hydrogens is 385 g/mol. The summed E-state index contributed by atoms with van der Waals surface area (Å²) in [6, 6.07) is 16.2. The van der Waals surface area contributed by atoms with Gasteiger partial charge in [-0.15, -0.1) is 0 Å². The summed E-state index contributed by atoms with van der Waals surface area (Å²) < 4.78 is 1.48. The number of benzene rings is 2. The lowest BCUT2D eigenvalue weighted by Crippen LogP contribution is -2.26. The third kappa shape index (κ3) is 3.05. The van der Waals surface area contributed by atoms with Crippen LogP contribution in [0, 0.1) is 6.92 Å². The van der Waals surface area contributed by atoms with E-state index in [9.17, 15) is 9.90 Å². The standard InChI is InChI=1S/C20H13Cl2N3O2/c1-11-18(20(26)27)19(14-8-7-13(21)9-15(14)22)25-17(23-11)10-16(24-25)12-5-3-2-4-6-12/h2-10H,1H3,(H,26,27)/p-1. The minimum absolute atomic E-state index is 0.0607. The maximum absolute atomic E-state index is 11.9. The monoisotopic (exact) mass is 396 g/mol. The van der Waals surface area contributed by atoms with Crippen molar-refractivity contribution in [3.8, 4) is 22.5 Å². The zero-order chi connectivity index (χ0) is 19.1. The summed E-state index contributed by atoms with van der Waals surface area (Å²) in [6.07, 6.45) is 0. The van der Waals surface area contributed by atoms with Gasteiger partial charge in [-0.3, -0.25) is 0 Å². The van der Waals surface area contributed by atoms with Crippen LogP contribution in [-0.4, -0.2) is 20.6 Å². The van der Waals surface area contributed by atoms with E-state index in [0.29, 0.717) is 38.3 Å². The predicted molar refractivity (Wildman–Crippen MR) is 103 cm³/mol. The van der Waals surface area contributed by atoms with Gasteiger partial charge < -0.3 is 9.90 Å². The van der Waals surface area contributed by atoms with Gasteiger partial charge in [-0.25, -0.2) is 9.50 Å². The lowest BCUT2D eigenvalue weighted by atomic mass is 10.0. The maximum atomic E-state index is 11.9. The SMILES string of the molecule is Cc1nc2cc(-c3ccccc3)nn2c(-c2ccc(Cl)cc2Cl)c1C(=O)[O-]. The first-order chi connectivity index (χ1) is 13.0. The van der Waals surface area contributed by atoms with Crippen LogP contribution < -0.4 is 5.11 Å². The topological polar surface area (TPSA) is 70.3 Å². The Morgan fingerprint density at radius 2 is 1.81 bits per heavy atom. The molecule has 0 fully saturated rings. The molecule has 7 heteroatoms. The van der Waals surface area contributed by atoms with Gasteiger partial charge in [0.1, 0.15) is 0 Å². The Morgan fingerprint density at radius 3 is 2.48 bits per heavy atom. The summed E-state index contributed by atoms with van der Waals surface area (Å²) in [6.45, 7) is 1.62. The second kappa shape index (κ2) is 6.68. The number of hydrogen-bond acceptors (Lipinski definition) is 4. The summed E-state index contributed by atoms with van der Waals surface area (Å²) >= 11 is 12.4. The summed E-state index contributed by atoms with van der Waals surface area (Å²) in [5, 5.41) is 17.2. The molecule has 0 saturated carbocycles. The molecule has 0 aliphatic carbocycles. The molecule has 4 rings (SSSR count). The number of fused-ring (bicyclic) bond motifs is 1. The van der Waals surface area contributed by atoms with Gasteiger partial charge in [0.25, 0.3) is 0 Å². The van der Waals surface area contributed by atoms with E-state index in [1.165, 1.54) is 4.52 Å². The number of carboxylic acids is 1. The lowest BCUT2D eigenvalue weighted by molar-refractivity contribution is -0.255. The zero-order valence-electron chi connectivity index (χ0n) is 14.1. The van der Waals surface area contributed by atoms with E-state index in [-0.39, 0.29) is 5.56 Å². The van der Waals surface area contributed by atoms with E-state index in [1.807, 2.05) is 30.3 Å². The number of aryl methyl sites for hydroxylation is 1. The number of nitrogens with zero attached hydrogens (tertiary/aromatic N) is 3. The van der Waals surface area contributed by atoms with Gasteiger partial charge in [-0.2, -0.15) is 5.10 Å². The molecule has 0 radical (unpaired) electrons. The Hall–Kier alpha value is -2.89. The highest BCUT2D eigenvalue weighted by Gasteiger charge is 2.20. The molecule has 2 heterocycles. The molecule has 2 aromatic heterocycles. The van der Waals surface area contributed by atoms with Crippen LogP contribution in [-0.2, 0) is 0 Å². The minimum atomic E-state index is -1.35. The van der Waals surface area contributed by atoms with Crippen molar-refractivity contribution >= 4 is 34.8 Å². The van der Waals surface area contributed by atoms with Crippen molar-refractivity contribution < 1.29 is 9.90 Å². The number of aromatic carboxylic acids is 1. The van der Waals surface area contributed by atoms with Crippen LogP contribution >= 0.6 is 23.2 Å². The van der Waals surface area contributed by atoms with Crippen LogP contribution in [0.2, 0.25) is 10.0 Å². The van der Waals surface area contributed by atoms with Crippen molar-refractivity contribution in [1.82, 2.24) is 14.6 Å². The molecule has 0 N–H and O–H groups in total. The smallest absolute Gasteiger partial charge is 0.156 e. The molecule has 27 heavy (non-hydrogen) atoms. The fourth-order valence-corrected chi connectivity index (χ4v) is 3.54.